The Morgan fingerprint density at radius 1 is 1.73 bits per heavy atom. The highest BCUT2D eigenvalue weighted by molar-refractivity contribution is 7.10. The van der Waals surface area contributed by atoms with Gasteiger partial charge in [-0.15, -0.1) is 23.7 Å². The molecule has 1 aromatic heterocycles. The zero-order valence-electron chi connectivity index (χ0n) is 8.18. The van der Waals surface area contributed by atoms with Gasteiger partial charge in [-0.2, -0.15) is 0 Å². The maximum Gasteiger partial charge on any atom is 0.342 e. The van der Waals surface area contributed by atoms with Gasteiger partial charge in [0.15, 0.2) is 0 Å². The molecule has 86 valence electrons. The molecular weight excluding hydrogens is 241 g/mol. The maximum absolute atomic E-state index is 13.3. The van der Waals surface area contributed by atoms with Crippen molar-refractivity contribution in [3.63, 3.8) is 0 Å². The second-order valence-corrected chi connectivity index (χ2v) is 3.67. The summed E-state index contributed by atoms with van der Waals surface area (Å²) in [5.41, 5.74) is 5.55. The summed E-state index contributed by atoms with van der Waals surface area (Å²) in [5, 5.41) is 1.78. The fourth-order valence-corrected chi connectivity index (χ4v) is 1.74. The smallest absolute Gasteiger partial charge is 0.342 e. The van der Waals surface area contributed by atoms with Crippen molar-refractivity contribution in [2.24, 2.45) is 5.73 Å². The standard InChI is InChI=1S/C9H12FNO2S.ClH/c1-2-13-9(12)7(10)8(11)6-4-3-5-14-6;/h3-5,7-8H,2,11H2,1H3;1H/t7?,8-;/m1./s1. The first kappa shape index (κ1) is 14.3. The van der Waals surface area contributed by atoms with E-state index in [2.05, 4.69) is 4.74 Å². The molecule has 0 radical (unpaired) electrons. The molecule has 0 fully saturated rings. The normalized spacial score (nSPS) is 13.8. The molecule has 0 aliphatic carbocycles. The number of esters is 1. The van der Waals surface area contributed by atoms with Crippen LogP contribution in [-0.2, 0) is 9.53 Å². The Morgan fingerprint density at radius 2 is 2.40 bits per heavy atom. The van der Waals surface area contributed by atoms with E-state index in [1.807, 2.05) is 0 Å². The molecule has 0 aliphatic rings. The number of halogens is 2. The van der Waals surface area contributed by atoms with Gasteiger partial charge >= 0.3 is 5.97 Å². The van der Waals surface area contributed by atoms with Crippen LogP contribution in [0.15, 0.2) is 17.5 Å². The zero-order chi connectivity index (χ0) is 10.6. The van der Waals surface area contributed by atoms with E-state index in [4.69, 9.17) is 5.73 Å². The number of alkyl halides is 1. The fourth-order valence-electron chi connectivity index (χ4n) is 0.994. The molecule has 6 heteroatoms. The van der Waals surface area contributed by atoms with Crippen molar-refractivity contribution in [2.75, 3.05) is 6.61 Å². The molecule has 0 amide bonds. The second kappa shape index (κ2) is 6.76. The summed E-state index contributed by atoms with van der Waals surface area (Å²) in [6, 6.07) is 2.54. The number of hydrogen-bond donors (Lipinski definition) is 1. The van der Waals surface area contributed by atoms with Gasteiger partial charge in [-0.25, -0.2) is 9.18 Å². The van der Waals surface area contributed by atoms with E-state index in [-0.39, 0.29) is 19.0 Å². The highest BCUT2D eigenvalue weighted by Gasteiger charge is 2.28. The van der Waals surface area contributed by atoms with Crippen LogP contribution in [0, 0.1) is 0 Å². The van der Waals surface area contributed by atoms with Gasteiger partial charge in [-0.05, 0) is 18.4 Å². The van der Waals surface area contributed by atoms with Crippen molar-refractivity contribution in [3.8, 4) is 0 Å². The molecular formula is C9H13ClFNO2S. The quantitative estimate of drug-likeness (QED) is 0.836. The molecule has 0 saturated carbocycles. The minimum atomic E-state index is -1.78. The van der Waals surface area contributed by atoms with Crippen LogP contribution >= 0.6 is 23.7 Å². The Bertz CT molecular complexity index is 294. The molecule has 1 unspecified atom stereocenters. The third kappa shape index (κ3) is 3.77. The van der Waals surface area contributed by atoms with Gasteiger partial charge in [0.05, 0.1) is 12.6 Å². The average molecular weight is 254 g/mol. The third-order valence-electron chi connectivity index (χ3n) is 1.70. The topological polar surface area (TPSA) is 52.3 Å². The van der Waals surface area contributed by atoms with Crippen LogP contribution in [0.2, 0.25) is 0 Å². The summed E-state index contributed by atoms with van der Waals surface area (Å²) in [4.78, 5) is 11.7. The first-order chi connectivity index (χ1) is 6.66. The molecule has 0 aliphatic heterocycles. The van der Waals surface area contributed by atoms with Crippen molar-refractivity contribution < 1.29 is 13.9 Å². The van der Waals surface area contributed by atoms with Crippen molar-refractivity contribution in [1.82, 2.24) is 0 Å². The third-order valence-corrected chi connectivity index (χ3v) is 2.67. The van der Waals surface area contributed by atoms with Crippen molar-refractivity contribution in [2.45, 2.75) is 19.1 Å². The van der Waals surface area contributed by atoms with Crippen molar-refractivity contribution in [3.05, 3.63) is 22.4 Å². The first-order valence-electron chi connectivity index (χ1n) is 4.26. The van der Waals surface area contributed by atoms with Crippen LogP contribution < -0.4 is 5.73 Å². The second-order valence-electron chi connectivity index (χ2n) is 2.70. The zero-order valence-corrected chi connectivity index (χ0v) is 9.82. The van der Waals surface area contributed by atoms with Crippen molar-refractivity contribution >= 4 is 29.7 Å². The lowest BCUT2D eigenvalue weighted by Gasteiger charge is -2.13. The number of carbonyl (C=O) groups is 1. The highest BCUT2D eigenvalue weighted by atomic mass is 35.5. The highest BCUT2D eigenvalue weighted by Crippen LogP contribution is 2.22. The van der Waals surface area contributed by atoms with E-state index in [0.717, 1.165) is 0 Å². The summed E-state index contributed by atoms with van der Waals surface area (Å²) in [5.74, 6) is -0.895. The van der Waals surface area contributed by atoms with Gasteiger partial charge in [-0.3, -0.25) is 0 Å². The van der Waals surface area contributed by atoms with Crippen LogP contribution in [0.4, 0.5) is 4.39 Å². The number of nitrogens with two attached hydrogens (primary N) is 1. The summed E-state index contributed by atoms with van der Waals surface area (Å²) in [6.07, 6.45) is -1.78. The van der Waals surface area contributed by atoms with Crippen LogP contribution in [0.5, 0.6) is 0 Å². The Morgan fingerprint density at radius 3 is 2.87 bits per heavy atom. The lowest BCUT2D eigenvalue weighted by atomic mass is 10.1. The van der Waals surface area contributed by atoms with Gasteiger partial charge in [0, 0.05) is 4.88 Å². The van der Waals surface area contributed by atoms with E-state index >= 15 is 0 Å². The Balaban J connectivity index is 0.00000196. The molecule has 1 heterocycles. The molecule has 2 atom stereocenters. The number of carbonyl (C=O) groups excluding carboxylic acids is 1. The number of thiophene rings is 1. The molecule has 1 aromatic rings. The van der Waals surface area contributed by atoms with Crippen LogP contribution in [0.1, 0.15) is 17.8 Å². The van der Waals surface area contributed by atoms with E-state index in [1.165, 1.54) is 11.3 Å². The minimum Gasteiger partial charge on any atom is -0.464 e. The van der Waals surface area contributed by atoms with Gasteiger partial charge in [-0.1, -0.05) is 6.07 Å². The van der Waals surface area contributed by atoms with Crippen LogP contribution in [-0.4, -0.2) is 18.7 Å². The van der Waals surface area contributed by atoms with E-state index in [0.29, 0.717) is 4.88 Å². The molecule has 2 N–H and O–H groups in total. The first-order valence-corrected chi connectivity index (χ1v) is 5.14. The largest absolute Gasteiger partial charge is 0.464 e. The summed E-state index contributed by atoms with van der Waals surface area (Å²) < 4.78 is 17.9. The lowest BCUT2D eigenvalue weighted by molar-refractivity contribution is -0.149. The Hall–Kier alpha value is -0.650. The number of hydrogen-bond acceptors (Lipinski definition) is 4. The number of rotatable bonds is 4. The lowest BCUT2D eigenvalue weighted by Crippen LogP contribution is -2.30. The van der Waals surface area contributed by atoms with E-state index < -0.39 is 18.2 Å². The summed E-state index contributed by atoms with van der Waals surface area (Å²) in [6.45, 7) is 1.79. The average Bonchev–Trinajstić information content (AvgIpc) is 2.68. The Kier molecular flexibility index (Phi) is 6.47. The van der Waals surface area contributed by atoms with Crippen LogP contribution in [0.25, 0.3) is 0 Å². The molecule has 0 aromatic carbocycles. The van der Waals surface area contributed by atoms with Gasteiger partial charge in [0.1, 0.15) is 0 Å². The monoisotopic (exact) mass is 253 g/mol. The molecule has 15 heavy (non-hydrogen) atoms. The minimum absolute atomic E-state index is 0. The molecule has 0 spiro atoms. The summed E-state index contributed by atoms with van der Waals surface area (Å²) >= 11 is 1.32. The van der Waals surface area contributed by atoms with E-state index in [1.54, 1.807) is 24.4 Å². The predicted octanol–water partition coefficient (Wildman–Crippen LogP) is 2.07. The van der Waals surface area contributed by atoms with E-state index in [9.17, 15) is 9.18 Å². The van der Waals surface area contributed by atoms with Crippen molar-refractivity contribution in [1.29, 1.82) is 0 Å². The molecule has 0 bridgehead atoms. The van der Waals surface area contributed by atoms with Gasteiger partial charge in [0.2, 0.25) is 6.17 Å². The molecule has 0 saturated heterocycles. The number of ether oxygens (including phenoxy) is 1. The molecule has 1 rings (SSSR count). The SMILES string of the molecule is CCOC(=O)C(F)[C@H](N)c1cccs1.Cl. The van der Waals surface area contributed by atoms with Gasteiger partial charge in [0.25, 0.3) is 0 Å². The molecule has 3 nitrogen and oxygen atoms in total. The Labute approximate surface area is 97.8 Å². The van der Waals surface area contributed by atoms with Crippen LogP contribution in [0.3, 0.4) is 0 Å². The predicted molar refractivity (Wildman–Crippen MR) is 60.0 cm³/mol. The maximum atomic E-state index is 13.3. The fraction of sp³-hybridized carbons (Fsp3) is 0.444. The van der Waals surface area contributed by atoms with Gasteiger partial charge < -0.3 is 10.5 Å². The summed E-state index contributed by atoms with van der Waals surface area (Å²) in [7, 11) is 0.